The molecule has 1 heterocycles. The zero-order valence-electron chi connectivity index (χ0n) is 17.6. The maximum absolute atomic E-state index is 11.3. The molecule has 0 saturated heterocycles. The van der Waals surface area contributed by atoms with E-state index in [-0.39, 0.29) is 11.6 Å². The topological polar surface area (TPSA) is 48.0 Å². The van der Waals surface area contributed by atoms with E-state index in [9.17, 15) is 4.79 Å². The maximum atomic E-state index is 11.3. The first-order chi connectivity index (χ1) is 13.8. The summed E-state index contributed by atoms with van der Waals surface area (Å²) in [6, 6.07) is 12.1. The summed E-state index contributed by atoms with van der Waals surface area (Å²) in [5, 5.41) is 0. The Bertz CT molecular complexity index is 959. The van der Waals surface area contributed by atoms with E-state index >= 15 is 0 Å². The van der Waals surface area contributed by atoms with Gasteiger partial charge < -0.3 is 19.1 Å². The van der Waals surface area contributed by atoms with Crippen molar-refractivity contribution in [3.63, 3.8) is 0 Å². The highest BCUT2D eigenvalue weighted by Crippen LogP contribution is 2.41. The molecule has 29 heavy (non-hydrogen) atoms. The SMILES string of the molecule is COC(=O)/C=C/c1cccc(N(C)Cc2ccc3c(c2OC)OC(C)(C)C=C3)c1. The van der Waals surface area contributed by atoms with Crippen LogP contribution in [0.5, 0.6) is 11.5 Å². The lowest BCUT2D eigenvalue weighted by atomic mass is 10.00. The lowest BCUT2D eigenvalue weighted by Gasteiger charge is -2.30. The second-order valence-electron chi connectivity index (χ2n) is 7.52. The van der Waals surface area contributed by atoms with Crippen molar-refractivity contribution in [1.29, 1.82) is 0 Å². The van der Waals surface area contributed by atoms with Gasteiger partial charge in [-0.25, -0.2) is 4.79 Å². The fourth-order valence-corrected chi connectivity index (χ4v) is 3.24. The van der Waals surface area contributed by atoms with E-state index in [0.717, 1.165) is 33.9 Å². The van der Waals surface area contributed by atoms with Crippen LogP contribution in [0.1, 0.15) is 30.5 Å². The molecule has 0 radical (unpaired) electrons. The number of hydrogen-bond donors (Lipinski definition) is 0. The number of nitrogens with zero attached hydrogens (tertiary/aromatic N) is 1. The van der Waals surface area contributed by atoms with Crippen LogP contribution in [0.15, 0.2) is 48.6 Å². The van der Waals surface area contributed by atoms with Crippen LogP contribution in [-0.2, 0) is 16.1 Å². The van der Waals surface area contributed by atoms with E-state index in [1.54, 1.807) is 13.2 Å². The average molecular weight is 393 g/mol. The number of rotatable bonds is 6. The molecule has 0 bridgehead atoms. The Balaban J connectivity index is 1.85. The number of ether oxygens (including phenoxy) is 3. The molecule has 152 valence electrons. The van der Waals surface area contributed by atoms with Gasteiger partial charge in [0.25, 0.3) is 0 Å². The first kappa shape index (κ1) is 20.5. The van der Waals surface area contributed by atoms with Crippen LogP contribution in [-0.4, -0.2) is 32.8 Å². The van der Waals surface area contributed by atoms with E-state index in [0.29, 0.717) is 6.54 Å². The lowest BCUT2D eigenvalue weighted by molar-refractivity contribution is -0.134. The van der Waals surface area contributed by atoms with Crippen molar-refractivity contribution in [3.8, 4) is 11.5 Å². The van der Waals surface area contributed by atoms with Crippen molar-refractivity contribution < 1.29 is 19.0 Å². The molecule has 1 aliphatic heterocycles. The average Bonchev–Trinajstić information content (AvgIpc) is 2.71. The minimum atomic E-state index is -0.375. The molecule has 3 rings (SSSR count). The molecule has 5 heteroatoms. The fraction of sp³-hybridized carbons (Fsp3) is 0.292. The third-order valence-electron chi connectivity index (χ3n) is 4.79. The molecule has 5 nitrogen and oxygen atoms in total. The van der Waals surface area contributed by atoms with Gasteiger partial charge in [-0.15, -0.1) is 0 Å². The van der Waals surface area contributed by atoms with Crippen LogP contribution in [0.3, 0.4) is 0 Å². The van der Waals surface area contributed by atoms with Gasteiger partial charge in [0.05, 0.1) is 14.2 Å². The first-order valence-corrected chi connectivity index (χ1v) is 9.48. The third-order valence-corrected chi connectivity index (χ3v) is 4.79. The van der Waals surface area contributed by atoms with Crippen LogP contribution in [0.2, 0.25) is 0 Å². The molecule has 2 aromatic rings. The zero-order valence-corrected chi connectivity index (χ0v) is 17.6. The van der Waals surface area contributed by atoms with E-state index < -0.39 is 0 Å². The molecular formula is C24H27NO4. The normalized spacial score (nSPS) is 14.2. The van der Waals surface area contributed by atoms with E-state index in [1.165, 1.54) is 13.2 Å². The highest BCUT2D eigenvalue weighted by atomic mass is 16.5. The van der Waals surface area contributed by atoms with Gasteiger partial charge in [-0.3, -0.25) is 0 Å². The summed E-state index contributed by atoms with van der Waals surface area (Å²) in [6.45, 7) is 4.70. The number of fused-ring (bicyclic) bond motifs is 1. The Morgan fingerprint density at radius 2 is 2.00 bits per heavy atom. The van der Waals surface area contributed by atoms with Gasteiger partial charge in [-0.05, 0) is 43.7 Å². The Kier molecular flexibility index (Phi) is 5.97. The highest BCUT2D eigenvalue weighted by molar-refractivity contribution is 5.87. The maximum Gasteiger partial charge on any atom is 0.330 e. The fourth-order valence-electron chi connectivity index (χ4n) is 3.24. The minimum absolute atomic E-state index is 0.370. The van der Waals surface area contributed by atoms with Crippen LogP contribution >= 0.6 is 0 Å². The van der Waals surface area contributed by atoms with Gasteiger partial charge in [0, 0.05) is 36.5 Å². The van der Waals surface area contributed by atoms with Crippen molar-refractivity contribution in [3.05, 3.63) is 65.2 Å². The molecule has 0 aliphatic carbocycles. The molecule has 0 unspecified atom stereocenters. The summed E-state index contributed by atoms with van der Waals surface area (Å²) < 4.78 is 16.5. The van der Waals surface area contributed by atoms with Crippen LogP contribution in [0.4, 0.5) is 5.69 Å². The van der Waals surface area contributed by atoms with Gasteiger partial charge in [0.1, 0.15) is 5.60 Å². The second-order valence-corrected chi connectivity index (χ2v) is 7.52. The Labute approximate surface area is 172 Å². The largest absolute Gasteiger partial charge is 0.492 e. The summed E-state index contributed by atoms with van der Waals surface area (Å²) in [7, 11) is 5.06. The summed E-state index contributed by atoms with van der Waals surface area (Å²) in [5.41, 5.74) is 3.63. The molecule has 0 N–H and O–H groups in total. The Hall–Kier alpha value is -3.21. The molecule has 0 saturated carbocycles. The summed E-state index contributed by atoms with van der Waals surface area (Å²) >= 11 is 0. The van der Waals surface area contributed by atoms with Crippen molar-refractivity contribution in [2.75, 3.05) is 26.2 Å². The highest BCUT2D eigenvalue weighted by Gasteiger charge is 2.26. The number of benzene rings is 2. The van der Waals surface area contributed by atoms with Gasteiger partial charge in [-0.2, -0.15) is 0 Å². The predicted molar refractivity (Wildman–Crippen MR) is 116 cm³/mol. The first-order valence-electron chi connectivity index (χ1n) is 9.48. The second kappa shape index (κ2) is 8.43. The summed E-state index contributed by atoms with van der Waals surface area (Å²) in [4.78, 5) is 13.5. The van der Waals surface area contributed by atoms with Crippen molar-refractivity contribution in [2.45, 2.75) is 26.0 Å². The number of anilines is 1. The van der Waals surface area contributed by atoms with E-state index in [1.807, 2.05) is 51.2 Å². The predicted octanol–water partition coefficient (Wildman–Crippen LogP) is 4.70. The Morgan fingerprint density at radius 3 is 2.72 bits per heavy atom. The van der Waals surface area contributed by atoms with Crippen LogP contribution in [0, 0.1) is 0 Å². The number of hydrogen-bond acceptors (Lipinski definition) is 5. The van der Waals surface area contributed by atoms with Crippen molar-refractivity contribution >= 4 is 23.8 Å². The number of esters is 1. The molecule has 0 amide bonds. The quantitative estimate of drug-likeness (QED) is 0.526. The molecule has 1 aliphatic rings. The molecule has 0 atom stereocenters. The van der Waals surface area contributed by atoms with Crippen molar-refractivity contribution in [1.82, 2.24) is 0 Å². The number of carbonyl (C=O) groups excluding carboxylic acids is 1. The molecule has 0 fully saturated rings. The summed E-state index contributed by atoms with van der Waals surface area (Å²) in [5.74, 6) is 1.16. The summed E-state index contributed by atoms with van der Waals surface area (Å²) in [6.07, 6.45) is 7.28. The number of carbonyl (C=O) groups is 1. The molecule has 2 aromatic carbocycles. The monoisotopic (exact) mass is 393 g/mol. The molecular weight excluding hydrogens is 366 g/mol. The van der Waals surface area contributed by atoms with E-state index in [2.05, 4.69) is 27.8 Å². The van der Waals surface area contributed by atoms with Crippen LogP contribution < -0.4 is 14.4 Å². The standard InChI is InChI=1S/C24H27NO4/c1-24(2)14-13-18-10-11-19(22(28-5)23(18)29-24)16-25(3)20-8-6-7-17(15-20)9-12-21(26)27-4/h6-15H,16H2,1-5H3/b12-9+. The van der Waals surface area contributed by atoms with Gasteiger partial charge in [0.15, 0.2) is 11.5 Å². The van der Waals surface area contributed by atoms with Crippen molar-refractivity contribution in [2.24, 2.45) is 0 Å². The Morgan fingerprint density at radius 1 is 1.21 bits per heavy atom. The molecule has 0 spiro atoms. The van der Waals surface area contributed by atoms with Gasteiger partial charge in [-0.1, -0.05) is 30.3 Å². The van der Waals surface area contributed by atoms with Gasteiger partial charge >= 0.3 is 5.97 Å². The zero-order chi connectivity index (χ0) is 21.0. The lowest BCUT2D eigenvalue weighted by Crippen LogP contribution is -2.28. The third kappa shape index (κ3) is 4.80. The molecule has 0 aromatic heterocycles. The minimum Gasteiger partial charge on any atom is -0.492 e. The smallest absolute Gasteiger partial charge is 0.330 e. The van der Waals surface area contributed by atoms with E-state index in [4.69, 9.17) is 9.47 Å². The van der Waals surface area contributed by atoms with Crippen LogP contribution in [0.25, 0.3) is 12.2 Å². The number of methoxy groups -OCH3 is 2. The van der Waals surface area contributed by atoms with Gasteiger partial charge in [0.2, 0.25) is 0 Å².